The van der Waals surface area contributed by atoms with Crippen molar-refractivity contribution in [3.8, 4) is 5.75 Å². The molecule has 152 valence electrons. The number of aromatic nitrogens is 3. The van der Waals surface area contributed by atoms with Gasteiger partial charge in [-0.05, 0) is 57.0 Å². The number of thioether (sulfide) groups is 1. The predicted octanol–water partition coefficient (Wildman–Crippen LogP) is 4.61. The molecule has 1 amide bonds. The molecule has 0 aliphatic rings. The Labute approximate surface area is 175 Å². The van der Waals surface area contributed by atoms with Crippen molar-refractivity contribution in [1.82, 2.24) is 14.8 Å². The van der Waals surface area contributed by atoms with E-state index in [9.17, 15) is 4.79 Å². The van der Waals surface area contributed by atoms with Crippen LogP contribution in [0.5, 0.6) is 5.75 Å². The number of benzene rings is 2. The summed E-state index contributed by atoms with van der Waals surface area (Å²) < 4.78 is 7.84. The Morgan fingerprint density at radius 3 is 2.52 bits per heavy atom. The highest BCUT2D eigenvalue weighted by molar-refractivity contribution is 7.99. The molecular weight excluding hydrogens is 384 g/mol. The highest BCUT2D eigenvalue weighted by Gasteiger charge is 2.18. The van der Waals surface area contributed by atoms with Gasteiger partial charge in [-0.2, -0.15) is 0 Å². The van der Waals surface area contributed by atoms with Crippen LogP contribution in [0, 0.1) is 20.8 Å². The van der Waals surface area contributed by atoms with Gasteiger partial charge in [0, 0.05) is 12.7 Å². The van der Waals surface area contributed by atoms with E-state index in [4.69, 9.17) is 4.74 Å². The number of amides is 1. The van der Waals surface area contributed by atoms with Gasteiger partial charge in [-0.3, -0.25) is 4.79 Å². The second-order valence-corrected chi connectivity index (χ2v) is 8.07. The van der Waals surface area contributed by atoms with Crippen molar-refractivity contribution in [3.05, 3.63) is 65.0 Å². The molecule has 7 heteroatoms. The molecule has 0 saturated heterocycles. The first kappa shape index (κ1) is 20.9. The smallest absolute Gasteiger partial charge is 0.234 e. The van der Waals surface area contributed by atoms with Gasteiger partial charge in [-0.1, -0.05) is 41.6 Å². The van der Waals surface area contributed by atoms with Gasteiger partial charge in [-0.25, -0.2) is 0 Å². The Balaban J connectivity index is 1.59. The predicted molar refractivity (Wildman–Crippen MR) is 116 cm³/mol. The maximum absolute atomic E-state index is 12.4. The molecule has 1 heterocycles. The first-order chi connectivity index (χ1) is 13.8. The quantitative estimate of drug-likeness (QED) is 0.576. The molecule has 29 heavy (non-hydrogen) atoms. The highest BCUT2D eigenvalue weighted by atomic mass is 32.2. The number of nitrogens with zero attached hydrogens (tertiary/aromatic N) is 3. The molecule has 6 nitrogen and oxygen atoms in total. The van der Waals surface area contributed by atoms with Crippen molar-refractivity contribution in [2.24, 2.45) is 7.05 Å². The SMILES string of the molecule is Cc1ccc(OC(C)c2nnc(SCC(=O)Nc3cc(C)ccc3C)n2C)cc1. The number of hydrogen-bond acceptors (Lipinski definition) is 5. The van der Waals surface area contributed by atoms with Crippen LogP contribution in [-0.2, 0) is 11.8 Å². The molecule has 3 aromatic rings. The Bertz CT molecular complexity index is 999. The Hall–Kier alpha value is -2.80. The molecule has 1 N–H and O–H groups in total. The summed E-state index contributed by atoms with van der Waals surface area (Å²) in [5, 5.41) is 12.1. The Kier molecular flexibility index (Phi) is 6.59. The molecule has 0 aliphatic carbocycles. The zero-order chi connectivity index (χ0) is 21.0. The van der Waals surface area contributed by atoms with Crippen LogP contribution >= 0.6 is 11.8 Å². The molecule has 0 saturated carbocycles. The van der Waals surface area contributed by atoms with Crippen LogP contribution in [0.2, 0.25) is 0 Å². The van der Waals surface area contributed by atoms with Crippen LogP contribution in [0.1, 0.15) is 35.5 Å². The van der Waals surface area contributed by atoms with Crippen molar-refractivity contribution in [2.45, 2.75) is 39.0 Å². The molecule has 2 aromatic carbocycles. The number of rotatable bonds is 7. The van der Waals surface area contributed by atoms with Gasteiger partial charge in [0.1, 0.15) is 5.75 Å². The number of ether oxygens (including phenoxy) is 1. The molecule has 0 spiro atoms. The molecule has 0 fully saturated rings. The van der Waals surface area contributed by atoms with Gasteiger partial charge in [0.15, 0.2) is 17.1 Å². The summed E-state index contributed by atoms with van der Waals surface area (Å²) in [5.41, 5.74) is 4.17. The van der Waals surface area contributed by atoms with Crippen LogP contribution in [-0.4, -0.2) is 26.4 Å². The summed E-state index contributed by atoms with van der Waals surface area (Å²) in [6, 6.07) is 13.9. The Morgan fingerprint density at radius 1 is 1.10 bits per heavy atom. The zero-order valence-electron chi connectivity index (χ0n) is 17.4. The third-order valence-corrected chi connectivity index (χ3v) is 5.59. The lowest BCUT2D eigenvalue weighted by atomic mass is 10.1. The van der Waals surface area contributed by atoms with Crippen molar-refractivity contribution in [2.75, 3.05) is 11.1 Å². The number of anilines is 1. The largest absolute Gasteiger partial charge is 0.483 e. The van der Waals surface area contributed by atoms with Gasteiger partial charge in [0.2, 0.25) is 5.91 Å². The van der Waals surface area contributed by atoms with Crippen LogP contribution in [0.25, 0.3) is 0 Å². The topological polar surface area (TPSA) is 69.0 Å². The number of carbonyl (C=O) groups excluding carboxylic acids is 1. The van der Waals surface area contributed by atoms with E-state index in [1.54, 1.807) is 0 Å². The van der Waals surface area contributed by atoms with E-state index in [1.165, 1.54) is 17.3 Å². The average molecular weight is 411 g/mol. The van der Waals surface area contributed by atoms with E-state index in [2.05, 4.69) is 15.5 Å². The van der Waals surface area contributed by atoms with E-state index in [1.807, 2.05) is 81.8 Å². The lowest BCUT2D eigenvalue weighted by molar-refractivity contribution is -0.113. The minimum atomic E-state index is -0.256. The van der Waals surface area contributed by atoms with E-state index in [-0.39, 0.29) is 17.8 Å². The van der Waals surface area contributed by atoms with Gasteiger partial charge in [0.05, 0.1) is 5.75 Å². The fourth-order valence-corrected chi connectivity index (χ4v) is 3.58. The van der Waals surface area contributed by atoms with Crippen LogP contribution < -0.4 is 10.1 Å². The molecule has 3 rings (SSSR count). The summed E-state index contributed by atoms with van der Waals surface area (Å²) >= 11 is 1.35. The zero-order valence-corrected chi connectivity index (χ0v) is 18.2. The van der Waals surface area contributed by atoms with E-state index in [0.29, 0.717) is 11.0 Å². The average Bonchev–Trinajstić information content (AvgIpc) is 3.05. The summed E-state index contributed by atoms with van der Waals surface area (Å²) in [7, 11) is 1.88. The first-order valence-electron chi connectivity index (χ1n) is 9.46. The van der Waals surface area contributed by atoms with Crippen LogP contribution in [0.15, 0.2) is 47.6 Å². The third-order valence-electron chi connectivity index (χ3n) is 4.57. The van der Waals surface area contributed by atoms with Gasteiger partial charge < -0.3 is 14.6 Å². The number of aryl methyl sites for hydroxylation is 3. The molecule has 0 aliphatic heterocycles. The van der Waals surface area contributed by atoms with Crippen molar-refractivity contribution in [1.29, 1.82) is 0 Å². The lowest BCUT2D eigenvalue weighted by Crippen LogP contribution is -2.15. The second-order valence-electron chi connectivity index (χ2n) is 7.13. The number of carbonyl (C=O) groups is 1. The third kappa shape index (κ3) is 5.38. The van der Waals surface area contributed by atoms with Gasteiger partial charge in [0.25, 0.3) is 0 Å². The second kappa shape index (κ2) is 9.13. The molecule has 0 bridgehead atoms. The summed E-state index contributed by atoms with van der Waals surface area (Å²) in [5.74, 6) is 1.68. The van der Waals surface area contributed by atoms with Crippen molar-refractivity contribution >= 4 is 23.4 Å². The minimum absolute atomic E-state index is 0.0720. The summed E-state index contributed by atoms with van der Waals surface area (Å²) in [4.78, 5) is 12.4. The molecule has 1 aromatic heterocycles. The summed E-state index contributed by atoms with van der Waals surface area (Å²) in [6.07, 6.45) is -0.256. The van der Waals surface area contributed by atoms with Crippen molar-refractivity contribution < 1.29 is 9.53 Å². The minimum Gasteiger partial charge on any atom is -0.483 e. The molecular formula is C22H26N4O2S. The van der Waals surface area contributed by atoms with E-state index >= 15 is 0 Å². The van der Waals surface area contributed by atoms with Gasteiger partial charge >= 0.3 is 0 Å². The fourth-order valence-electron chi connectivity index (χ4n) is 2.87. The van der Waals surface area contributed by atoms with Crippen LogP contribution in [0.3, 0.4) is 0 Å². The normalized spacial score (nSPS) is 11.9. The van der Waals surface area contributed by atoms with E-state index < -0.39 is 0 Å². The monoisotopic (exact) mass is 410 g/mol. The standard InChI is InChI=1S/C22H26N4O2S/c1-14-7-10-18(11-8-14)28-17(4)21-24-25-22(26(21)5)29-13-20(27)23-19-12-15(2)6-9-16(19)3/h6-12,17H,13H2,1-5H3,(H,23,27). The molecule has 0 radical (unpaired) electrons. The van der Waals surface area contributed by atoms with Crippen LogP contribution in [0.4, 0.5) is 5.69 Å². The molecule has 1 atom stereocenters. The molecule has 1 unspecified atom stereocenters. The number of nitrogens with one attached hydrogen (secondary N) is 1. The maximum atomic E-state index is 12.4. The van der Waals surface area contributed by atoms with E-state index in [0.717, 1.165) is 22.6 Å². The first-order valence-corrected chi connectivity index (χ1v) is 10.4. The summed E-state index contributed by atoms with van der Waals surface area (Å²) in [6.45, 7) is 7.96. The van der Waals surface area contributed by atoms with Crippen molar-refractivity contribution in [3.63, 3.8) is 0 Å². The maximum Gasteiger partial charge on any atom is 0.234 e. The lowest BCUT2D eigenvalue weighted by Gasteiger charge is -2.14. The van der Waals surface area contributed by atoms with Gasteiger partial charge in [-0.15, -0.1) is 10.2 Å². The fraction of sp³-hybridized carbons (Fsp3) is 0.318. The Morgan fingerprint density at radius 2 is 1.79 bits per heavy atom. The number of hydrogen-bond donors (Lipinski definition) is 1. The highest BCUT2D eigenvalue weighted by Crippen LogP contribution is 2.24.